The molecule has 1 aliphatic heterocycles. The van der Waals surface area contributed by atoms with Crippen molar-refractivity contribution >= 4 is 11.8 Å². The Bertz CT molecular complexity index is 903. The van der Waals surface area contributed by atoms with Gasteiger partial charge in [0, 0.05) is 18.7 Å². The van der Waals surface area contributed by atoms with Crippen molar-refractivity contribution in [3.8, 4) is 17.2 Å². The van der Waals surface area contributed by atoms with Crippen molar-refractivity contribution < 1.29 is 23.8 Å². The van der Waals surface area contributed by atoms with E-state index >= 15 is 0 Å². The van der Waals surface area contributed by atoms with Gasteiger partial charge in [0.1, 0.15) is 0 Å². The fourth-order valence-corrected chi connectivity index (χ4v) is 3.74. The Hall–Kier alpha value is -3.22. The lowest BCUT2D eigenvalue weighted by molar-refractivity contribution is -0.122. The second-order valence-electron chi connectivity index (χ2n) is 7.12. The van der Waals surface area contributed by atoms with Crippen LogP contribution in [0, 0.1) is 0 Å². The quantitative estimate of drug-likeness (QED) is 0.684. The normalized spacial score (nSPS) is 13.6. The molecule has 1 atom stereocenters. The first-order valence-electron chi connectivity index (χ1n) is 9.99. The Balaban J connectivity index is 2.02. The second kappa shape index (κ2) is 9.52. The van der Waals surface area contributed by atoms with Crippen LogP contribution in [0.4, 0.5) is 0 Å². The van der Waals surface area contributed by atoms with Crippen LogP contribution >= 0.6 is 0 Å². The van der Waals surface area contributed by atoms with Crippen molar-refractivity contribution in [2.24, 2.45) is 0 Å². The van der Waals surface area contributed by atoms with E-state index in [0.29, 0.717) is 35.9 Å². The molecule has 0 saturated heterocycles. The third-order valence-corrected chi connectivity index (χ3v) is 5.25. The van der Waals surface area contributed by atoms with Crippen LogP contribution in [-0.2, 0) is 11.3 Å². The highest BCUT2D eigenvalue weighted by Crippen LogP contribution is 2.42. The zero-order chi connectivity index (χ0) is 21.7. The number of carbonyl (C=O) groups is 2. The average molecular weight is 412 g/mol. The molecule has 2 aromatic rings. The van der Waals surface area contributed by atoms with Crippen LogP contribution in [0.25, 0.3) is 0 Å². The maximum Gasteiger partial charge on any atom is 0.255 e. The average Bonchev–Trinajstić information content (AvgIpc) is 3.11. The molecule has 0 aliphatic carbocycles. The maximum atomic E-state index is 13.1. The zero-order valence-corrected chi connectivity index (χ0v) is 17.9. The maximum absolute atomic E-state index is 13.1. The van der Waals surface area contributed by atoms with Gasteiger partial charge in [-0.1, -0.05) is 25.1 Å². The molecular formula is C23H28N2O5. The van der Waals surface area contributed by atoms with Crippen LogP contribution in [0.5, 0.6) is 17.2 Å². The molecule has 0 unspecified atom stereocenters. The fourth-order valence-electron chi connectivity index (χ4n) is 3.74. The largest absolute Gasteiger partial charge is 0.493 e. The molecule has 1 N–H and O–H groups in total. The fraction of sp³-hybridized carbons (Fsp3) is 0.391. The van der Waals surface area contributed by atoms with Gasteiger partial charge in [-0.05, 0) is 35.7 Å². The Morgan fingerprint density at radius 3 is 2.33 bits per heavy atom. The smallest absolute Gasteiger partial charge is 0.255 e. The Kier molecular flexibility index (Phi) is 6.82. The van der Waals surface area contributed by atoms with Gasteiger partial charge in [0.15, 0.2) is 11.5 Å². The number of carbonyl (C=O) groups excluding carboxylic acids is 2. The molecule has 0 bridgehead atoms. The van der Waals surface area contributed by atoms with Crippen molar-refractivity contribution in [1.82, 2.24) is 10.2 Å². The molecule has 160 valence electrons. The number of nitrogens with one attached hydrogen (secondary N) is 1. The molecule has 2 aromatic carbocycles. The molecule has 0 fully saturated rings. The van der Waals surface area contributed by atoms with Crippen LogP contribution in [-0.4, -0.2) is 44.6 Å². The second-order valence-corrected chi connectivity index (χ2v) is 7.12. The predicted molar refractivity (Wildman–Crippen MR) is 113 cm³/mol. The number of nitrogens with zero attached hydrogens (tertiary/aromatic N) is 1. The number of amides is 2. The predicted octanol–water partition coefficient (Wildman–Crippen LogP) is 3.33. The SMILES string of the molecule is CCCNC(=O)C[C@@H](c1cc(OC)c(OC)c(OC)c1)N1Cc2ccccc2C1=O. The molecule has 7 heteroatoms. The number of fused-ring (bicyclic) bond motifs is 1. The minimum absolute atomic E-state index is 0.0901. The molecule has 1 aliphatic rings. The highest BCUT2D eigenvalue weighted by atomic mass is 16.5. The Morgan fingerprint density at radius 2 is 1.77 bits per heavy atom. The lowest BCUT2D eigenvalue weighted by Gasteiger charge is -2.29. The topological polar surface area (TPSA) is 77.1 Å². The molecular weight excluding hydrogens is 384 g/mol. The lowest BCUT2D eigenvalue weighted by Crippen LogP contribution is -2.34. The number of hydrogen-bond acceptors (Lipinski definition) is 5. The van der Waals surface area contributed by atoms with Gasteiger partial charge in [-0.3, -0.25) is 9.59 Å². The first-order chi connectivity index (χ1) is 14.5. The highest BCUT2D eigenvalue weighted by Gasteiger charge is 2.35. The van der Waals surface area contributed by atoms with Gasteiger partial charge in [-0.2, -0.15) is 0 Å². The molecule has 0 aromatic heterocycles. The van der Waals surface area contributed by atoms with Gasteiger partial charge >= 0.3 is 0 Å². The zero-order valence-electron chi connectivity index (χ0n) is 17.9. The number of benzene rings is 2. The number of hydrogen-bond donors (Lipinski definition) is 1. The minimum atomic E-state index is -0.476. The first kappa shape index (κ1) is 21.5. The molecule has 1 heterocycles. The standard InChI is InChI=1S/C23H28N2O5/c1-5-10-24-21(26)13-18(25-14-15-8-6-7-9-17(15)23(25)27)16-11-19(28-2)22(30-4)20(12-16)29-3/h6-9,11-12,18H,5,10,13-14H2,1-4H3,(H,24,26)/t18-/m0/s1. The molecule has 0 spiro atoms. The molecule has 7 nitrogen and oxygen atoms in total. The van der Waals surface area contributed by atoms with E-state index in [2.05, 4.69) is 5.32 Å². The van der Waals surface area contributed by atoms with Crippen LogP contribution in [0.1, 0.15) is 47.3 Å². The van der Waals surface area contributed by atoms with E-state index in [1.54, 1.807) is 31.3 Å². The summed E-state index contributed by atoms with van der Waals surface area (Å²) in [5.41, 5.74) is 2.37. The van der Waals surface area contributed by atoms with E-state index in [4.69, 9.17) is 14.2 Å². The van der Waals surface area contributed by atoms with Crippen molar-refractivity contribution in [3.05, 3.63) is 53.1 Å². The van der Waals surface area contributed by atoms with Crippen molar-refractivity contribution in [1.29, 1.82) is 0 Å². The van der Waals surface area contributed by atoms with Gasteiger partial charge < -0.3 is 24.4 Å². The summed E-state index contributed by atoms with van der Waals surface area (Å²) in [6, 6.07) is 10.7. The van der Waals surface area contributed by atoms with E-state index in [9.17, 15) is 9.59 Å². The molecule has 0 radical (unpaired) electrons. The van der Waals surface area contributed by atoms with Crippen molar-refractivity contribution in [2.75, 3.05) is 27.9 Å². The molecule has 0 saturated carbocycles. The summed E-state index contributed by atoms with van der Waals surface area (Å²) in [7, 11) is 4.62. The number of ether oxygens (including phenoxy) is 3. The summed E-state index contributed by atoms with van der Waals surface area (Å²) in [6.07, 6.45) is 0.979. The summed E-state index contributed by atoms with van der Waals surface area (Å²) in [5, 5.41) is 2.91. The number of methoxy groups -OCH3 is 3. The molecule has 30 heavy (non-hydrogen) atoms. The van der Waals surface area contributed by atoms with Gasteiger partial charge in [-0.15, -0.1) is 0 Å². The molecule has 3 rings (SSSR count). The van der Waals surface area contributed by atoms with Gasteiger partial charge in [-0.25, -0.2) is 0 Å². The Morgan fingerprint density at radius 1 is 1.10 bits per heavy atom. The van der Waals surface area contributed by atoms with Crippen molar-refractivity contribution in [2.45, 2.75) is 32.4 Å². The number of rotatable bonds is 9. The van der Waals surface area contributed by atoms with E-state index < -0.39 is 6.04 Å². The summed E-state index contributed by atoms with van der Waals surface area (Å²) in [4.78, 5) is 27.5. The van der Waals surface area contributed by atoms with Crippen LogP contribution in [0.3, 0.4) is 0 Å². The third kappa shape index (κ3) is 4.20. The summed E-state index contributed by atoms with van der Waals surface area (Å²) in [6.45, 7) is 3.03. The monoisotopic (exact) mass is 412 g/mol. The van der Waals surface area contributed by atoms with Crippen LogP contribution in [0.2, 0.25) is 0 Å². The first-order valence-corrected chi connectivity index (χ1v) is 9.99. The summed E-state index contributed by atoms with van der Waals surface area (Å²) in [5.74, 6) is 1.23. The summed E-state index contributed by atoms with van der Waals surface area (Å²) < 4.78 is 16.4. The van der Waals surface area contributed by atoms with Gasteiger partial charge in [0.05, 0.1) is 33.8 Å². The van der Waals surface area contributed by atoms with Gasteiger partial charge in [0.2, 0.25) is 11.7 Å². The van der Waals surface area contributed by atoms with Crippen LogP contribution < -0.4 is 19.5 Å². The summed E-state index contributed by atoms with van der Waals surface area (Å²) >= 11 is 0. The van der Waals surface area contributed by atoms with E-state index in [1.165, 1.54) is 7.11 Å². The van der Waals surface area contributed by atoms with E-state index in [-0.39, 0.29) is 18.2 Å². The third-order valence-electron chi connectivity index (χ3n) is 5.25. The lowest BCUT2D eigenvalue weighted by atomic mass is 10.00. The Labute approximate surface area is 176 Å². The highest BCUT2D eigenvalue weighted by molar-refractivity contribution is 5.98. The van der Waals surface area contributed by atoms with E-state index in [1.807, 2.05) is 31.2 Å². The van der Waals surface area contributed by atoms with Gasteiger partial charge in [0.25, 0.3) is 5.91 Å². The molecule has 2 amide bonds. The van der Waals surface area contributed by atoms with Crippen molar-refractivity contribution in [3.63, 3.8) is 0 Å². The van der Waals surface area contributed by atoms with Crippen LogP contribution in [0.15, 0.2) is 36.4 Å². The minimum Gasteiger partial charge on any atom is -0.493 e. The van der Waals surface area contributed by atoms with E-state index in [0.717, 1.165) is 17.5 Å².